The Bertz CT molecular complexity index is 271. The minimum absolute atomic E-state index is 0.0216. The second-order valence-electron chi connectivity index (χ2n) is 3.83. The molecule has 0 aromatic rings. The topological polar surface area (TPSA) is 72.2 Å². The third-order valence-electron chi connectivity index (χ3n) is 2.35. The zero-order valence-electron chi connectivity index (χ0n) is 8.45. The molecule has 1 aliphatic heterocycles. The first-order valence-electron chi connectivity index (χ1n) is 4.79. The lowest BCUT2D eigenvalue weighted by atomic mass is 10.1. The third kappa shape index (κ3) is 3.76. The van der Waals surface area contributed by atoms with Crippen molar-refractivity contribution in [3.8, 4) is 0 Å². The lowest BCUT2D eigenvalue weighted by Crippen LogP contribution is -2.39. The Balaban J connectivity index is 2.39. The van der Waals surface area contributed by atoms with Gasteiger partial charge in [-0.2, -0.15) is 11.8 Å². The van der Waals surface area contributed by atoms with E-state index in [-0.39, 0.29) is 17.0 Å². The number of hydrogen-bond acceptors (Lipinski definition) is 4. The van der Waals surface area contributed by atoms with Crippen LogP contribution in [0.5, 0.6) is 0 Å². The number of rotatable bonds is 5. The molecule has 6 heteroatoms. The Kier molecular flexibility index (Phi) is 4.24. The zero-order valence-corrected chi connectivity index (χ0v) is 10.1. The van der Waals surface area contributed by atoms with Gasteiger partial charge in [-0.05, 0) is 25.5 Å². The summed E-state index contributed by atoms with van der Waals surface area (Å²) in [5.74, 6) is 1.16. The molecule has 1 heterocycles. The summed E-state index contributed by atoms with van der Waals surface area (Å²) in [5, 5.41) is 0. The summed E-state index contributed by atoms with van der Waals surface area (Å²) in [6.07, 6.45) is 2.27. The third-order valence-corrected chi connectivity index (χ3v) is 5.25. The maximum Gasteiger partial charge on any atom is 0.212 e. The highest BCUT2D eigenvalue weighted by atomic mass is 32.2. The molecule has 84 valence electrons. The molecule has 1 unspecified atom stereocenters. The van der Waals surface area contributed by atoms with Crippen LogP contribution in [-0.2, 0) is 10.0 Å². The molecule has 0 radical (unpaired) electrons. The Labute approximate surface area is 90.1 Å². The van der Waals surface area contributed by atoms with E-state index in [0.717, 1.165) is 12.2 Å². The van der Waals surface area contributed by atoms with Crippen molar-refractivity contribution in [3.63, 3.8) is 0 Å². The number of thioether (sulfide) groups is 1. The van der Waals surface area contributed by atoms with Gasteiger partial charge in [0.05, 0.1) is 5.75 Å². The molecule has 1 rings (SSSR count). The van der Waals surface area contributed by atoms with Gasteiger partial charge in [0, 0.05) is 17.8 Å². The van der Waals surface area contributed by atoms with Gasteiger partial charge < -0.3 is 5.73 Å². The maximum atomic E-state index is 11.3. The molecule has 14 heavy (non-hydrogen) atoms. The molecule has 3 N–H and O–H groups in total. The summed E-state index contributed by atoms with van der Waals surface area (Å²) in [6, 6.07) is 0. The highest BCUT2D eigenvalue weighted by molar-refractivity contribution is 8.01. The molecule has 4 nitrogen and oxygen atoms in total. The van der Waals surface area contributed by atoms with Crippen molar-refractivity contribution in [1.29, 1.82) is 0 Å². The Morgan fingerprint density at radius 2 is 2.29 bits per heavy atom. The molecule has 1 saturated heterocycles. The highest BCUT2D eigenvalue weighted by Gasteiger charge is 2.30. The van der Waals surface area contributed by atoms with Crippen LogP contribution in [0.2, 0.25) is 0 Å². The monoisotopic (exact) mass is 238 g/mol. The smallest absolute Gasteiger partial charge is 0.212 e. The summed E-state index contributed by atoms with van der Waals surface area (Å²) >= 11 is 1.85. The normalized spacial score (nSPS) is 28.1. The summed E-state index contributed by atoms with van der Waals surface area (Å²) in [5.41, 5.74) is 5.21. The van der Waals surface area contributed by atoms with Gasteiger partial charge in [0.15, 0.2) is 0 Å². The molecule has 1 aliphatic rings. The lowest BCUT2D eigenvalue weighted by molar-refractivity contribution is 0.552. The fourth-order valence-electron chi connectivity index (χ4n) is 1.47. The van der Waals surface area contributed by atoms with Crippen molar-refractivity contribution >= 4 is 21.8 Å². The van der Waals surface area contributed by atoms with Crippen molar-refractivity contribution in [2.24, 2.45) is 5.73 Å². The number of nitrogens with one attached hydrogen (secondary N) is 1. The number of nitrogens with two attached hydrogens (primary N) is 1. The molecule has 0 aromatic carbocycles. The SMILES string of the molecule is CC1(CNS(=O)(=O)CCN)CCCS1. The molecule has 0 bridgehead atoms. The van der Waals surface area contributed by atoms with Crippen LogP contribution in [0.1, 0.15) is 19.8 Å². The van der Waals surface area contributed by atoms with E-state index >= 15 is 0 Å². The maximum absolute atomic E-state index is 11.3. The quantitative estimate of drug-likeness (QED) is 0.715. The number of sulfonamides is 1. The van der Waals surface area contributed by atoms with Gasteiger partial charge in [0.1, 0.15) is 0 Å². The Morgan fingerprint density at radius 1 is 1.57 bits per heavy atom. The summed E-state index contributed by atoms with van der Waals surface area (Å²) in [6.45, 7) is 2.81. The van der Waals surface area contributed by atoms with Gasteiger partial charge in [-0.25, -0.2) is 13.1 Å². The largest absolute Gasteiger partial charge is 0.329 e. The molecular weight excluding hydrogens is 220 g/mol. The first kappa shape index (κ1) is 12.3. The van der Waals surface area contributed by atoms with Crippen LogP contribution in [0, 0.1) is 0 Å². The Hall–Kier alpha value is 0.220. The van der Waals surface area contributed by atoms with Gasteiger partial charge in [0.2, 0.25) is 10.0 Å². The van der Waals surface area contributed by atoms with Crippen LogP contribution in [0.3, 0.4) is 0 Å². The van der Waals surface area contributed by atoms with Crippen LogP contribution >= 0.6 is 11.8 Å². The number of hydrogen-bond donors (Lipinski definition) is 2. The first-order chi connectivity index (χ1) is 6.47. The predicted molar refractivity (Wildman–Crippen MR) is 60.9 cm³/mol. The fraction of sp³-hybridized carbons (Fsp3) is 1.00. The van der Waals surface area contributed by atoms with E-state index < -0.39 is 10.0 Å². The van der Waals surface area contributed by atoms with Gasteiger partial charge >= 0.3 is 0 Å². The molecular formula is C8H18N2O2S2. The zero-order chi connectivity index (χ0) is 10.7. The van der Waals surface area contributed by atoms with Crippen molar-refractivity contribution in [3.05, 3.63) is 0 Å². The summed E-state index contributed by atoms with van der Waals surface area (Å²) in [7, 11) is -3.15. The van der Waals surface area contributed by atoms with Crippen LogP contribution < -0.4 is 10.5 Å². The van der Waals surface area contributed by atoms with Gasteiger partial charge in [0.25, 0.3) is 0 Å². The van der Waals surface area contributed by atoms with Crippen molar-refractivity contribution in [1.82, 2.24) is 4.72 Å². The van der Waals surface area contributed by atoms with E-state index in [1.54, 1.807) is 0 Å². The second kappa shape index (κ2) is 4.83. The average molecular weight is 238 g/mol. The van der Waals surface area contributed by atoms with Crippen LogP contribution in [-0.4, -0.2) is 37.8 Å². The molecule has 0 aromatic heterocycles. The molecule has 0 saturated carbocycles. The van der Waals surface area contributed by atoms with Gasteiger partial charge in [-0.1, -0.05) is 0 Å². The van der Waals surface area contributed by atoms with Gasteiger partial charge in [-0.15, -0.1) is 0 Å². The van der Waals surface area contributed by atoms with E-state index in [4.69, 9.17) is 5.73 Å². The average Bonchev–Trinajstić information content (AvgIpc) is 2.50. The van der Waals surface area contributed by atoms with Crippen molar-refractivity contribution < 1.29 is 8.42 Å². The summed E-state index contributed by atoms with van der Waals surface area (Å²) < 4.78 is 25.4. The molecule has 1 atom stereocenters. The minimum atomic E-state index is -3.15. The molecule has 0 amide bonds. The van der Waals surface area contributed by atoms with E-state index in [0.29, 0.717) is 6.54 Å². The predicted octanol–water partition coefficient (Wildman–Crippen LogP) is 0.150. The van der Waals surface area contributed by atoms with Crippen molar-refractivity contribution in [2.45, 2.75) is 24.5 Å². The van der Waals surface area contributed by atoms with E-state index in [2.05, 4.69) is 11.6 Å². The van der Waals surface area contributed by atoms with Gasteiger partial charge in [-0.3, -0.25) is 0 Å². The van der Waals surface area contributed by atoms with Crippen LogP contribution in [0.25, 0.3) is 0 Å². The van der Waals surface area contributed by atoms with E-state index in [1.807, 2.05) is 11.8 Å². The van der Waals surface area contributed by atoms with Crippen LogP contribution in [0.15, 0.2) is 0 Å². The minimum Gasteiger partial charge on any atom is -0.329 e. The lowest BCUT2D eigenvalue weighted by Gasteiger charge is -2.22. The van der Waals surface area contributed by atoms with Crippen molar-refractivity contribution in [2.75, 3.05) is 24.6 Å². The standard InChI is InChI=1S/C8H18N2O2S2/c1-8(3-2-5-13-8)7-10-14(11,12)6-4-9/h10H,2-7,9H2,1H3. The molecule has 1 fully saturated rings. The molecule has 0 aliphatic carbocycles. The highest BCUT2D eigenvalue weighted by Crippen LogP contribution is 2.36. The second-order valence-corrected chi connectivity index (χ2v) is 7.44. The Morgan fingerprint density at radius 3 is 2.79 bits per heavy atom. The van der Waals surface area contributed by atoms with E-state index in [9.17, 15) is 8.42 Å². The van der Waals surface area contributed by atoms with Crippen LogP contribution in [0.4, 0.5) is 0 Å². The first-order valence-corrected chi connectivity index (χ1v) is 7.43. The summed E-state index contributed by atoms with van der Waals surface area (Å²) in [4.78, 5) is 0. The van der Waals surface area contributed by atoms with E-state index in [1.165, 1.54) is 6.42 Å². The fourth-order valence-corrected chi connectivity index (χ4v) is 3.80. The molecule has 0 spiro atoms.